The average molecular weight is 542 g/mol. The van der Waals surface area contributed by atoms with Gasteiger partial charge >= 0.3 is 6.36 Å². The molecule has 0 radical (unpaired) electrons. The Kier molecular flexibility index (Phi) is 7.16. The van der Waals surface area contributed by atoms with Crippen molar-refractivity contribution in [1.29, 1.82) is 0 Å². The van der Waals surface area contributed by atoms with Crippen LogP contribution in [0, 0.1) is 19.7 Å². The van der Waals surface area contributed by atoms with Crippen LogP contribution in [-0.4, -0.2) is 39.7 Å². The summed E-state index contributed by atoms with van der Waals surface area (Å²) in [5, 5.41) is 2.86. The molecule has 1 amide bonds. The standard InChI is InChI=1S/C28H27F4N5O2/c1-17-7-12-37-25(13-17)35-18(2)26(37)27(38)34-15-19-3-5-22(23(29)14-19)20-8-10-36(11-9-20)24-6-4-21(16-33-24)39-28(30,31)32/h3-7,12-14,16,20H,8-11,15H2,1-2H3,(H,34,38). The molecule has 0 unspecified atom stereocenters. The first kappa shape index (κ1) is 26.5. The number of imidazole rings is 1. The molecule has 39 heavy (non-hydrogen) atoms. The molecule has 7 nitrogen and oxygen atoms in total. The van der Waals surface area contributed by atoms with Gasteiger partial charge in [0, 0.05) is 25.8 Å². The lowest BCUT2D eigenvalue weighted by atomic mass is 9.88. The third kappa shape index (κ3) is 5.97. The number of amides is 1. The number of nitrogens with one attached hydrogen (secondary N) is 1. The van der Waals surface area contributed by atoms with Crippen molar-refractivity contribution < 1.29 is 27.1 Å². The molecule has 11 heteroatoms. The highest BCUT2D eigenvalue weighted by Gasteiger charge is 2.31. The normalized spacial score (nSPS) is 14.6. The summed E-state index contributed by atoms with van der Waals surface area (Å²) in [5.74, 6) is -0.433. The van der Waals surface area contributed by atoms with Crippen LogP contribution in [0.3, 0.4) is 0 Å². The van der Waals surface area contributed by atoms with E-state index in [2.05, 4.69) is 20.0 Å². The van der Waals surface area contributed by atoms with E-state index in [1.165, 1.54) is 18.2 Å². The Balaban J connectivity index is 1.18. The number of carbonyl (C=O) groups is 1. The molecule has 1 fully saturated rings. The lowest BCUT2D eigenvalue weighted by molar-refractivity contribution is -0.274. The SMILES string of the molecule is Cc1ccn2c(C(=O)NCc3ccc(C4CCN(c5ccc(OC(F)(F)F)cn5)CC4)c(F)c3)c(C)nc2c1. The van der Waals surface area contributed by atoms with Gasteiger partial charge in [0.25, 0.3) is 5.91 Å². The zero-order valence-electron chi connectivity index (χ0n) is 21.4. The molecule has 0 atom stereocenters. The van der Waals surface area contributed by atoms with Crippen LogP contribution in [0.1, 0.15) is 51.6 Å². The predicted octanol–water partition coefficient (Wildman–Crippen LogP) is 5.70. The minimum Gasteiger partial charge on any atom is -0.404 e. The number of rotatable bonds is 6. The molecular formula is C28H27F4N5O2. The van der Waals surface area contributed by atoms with Gasteiger partial charge in [-0.05, 0) is 79.6 Å². The molecule has 0 spiro atoms. The van der Waals surface area contributed by atoms with E-state index in [1.807, 2.05) is 36.2 Å². The maximum atomic E-state index is 15.1. The number of piperidine rings is 1. The van der Waals surface area contributed by atoms with Gasteiger partial charge in [0.15, 0.2) is 0 Å². The number of hydrogen-bond donors (Lipinski definition) is 1. The summed E-state index contributed by atoms with van der Waals surface area (Å²) in [6, 6.07) is 11.6. The lowest BCUT2D eigenvalue weighted by Crippen LogP contribution is -2.33. The largest absolute Gasteiger partial charge is 0.573 e. The van der Waals surface area contributed by atoms with Crippen LogP contribution in [0.25, 0.3) is 5.65 Å². The van der Waals surface area contributed by atoms with Crippen LogP contribution >= 0.6 is 0 Å². The Labute approximate surface area is 222 Å². The van der Waals surface area contributed by atoms with Crippen molar-refractivity contribution in [2.75, 3.05) is 18.0 Å². The summed E-state index contributed by atoms with van der Waals surface area (Å²) in [6.07, 6.45) is -0.568. The number of fused-ring (bicyclic) bond motifs is 1. The monoisotopic (exact) mass is 541 g/mol. The quantitative estimate of drug-likeness (QED) is 0.317. The molecule has 1 saturated heterocycles. The fraction of sp³-hybridized carbons (Fsp3) is 0.321. The van der Waals surface area contributed by atoms with Gasteiger partial charge in [-0.1, -0.05) is 12.1 Å². The zero-order valence-corrected chi connectivity index (χ0v) is 21.4. The first-order valence-electron chi connectivity index (χ1n) is 12.6. The topological polar surface area (TPSA) is 71.8 Å². The first-order valence-corrected chi connectivity index (χ1v) is 12.6. The summed E-state index contributed by atoms with van der Waals surface area (Å²) in [6.45, 7) is 5.09. The third-order valence-electron chi connectivity index (χ3n) is 6.90. The van der Waals surface area contributed by atoms with Crippen LogP contribution < -0.4 is 15.0 Å². The minimum absolute atomic E-state index is 0.00184. The fourth-order valence-electron chi connectivity index (χ4n) is 4.99. The molecule has 1 aromatic carbocycles. The maximum Gasteiger partial charge on any atom is 0.573 e. The Morgan fingerprint density at radius 3 is 2.54 bits per heavy atom. The van der Waals surface area contributed by atoms with Gasteiger partial charge in [-0.2, -0.15) is 0 Å². The maximum absolute atomic E-state index is 15.1. The van der Waals surface area contributed by atoms with Crippen molar-refractivity contribution >= 4 is 17.4 Å². The third-order valence-corrected chi connectivity index (χ3v) is 6.90. The molecule has 0 aliphatic carbocycles. The van der Waals surface area contributed by atoms with Gasteiger partial charge in [0.05, 0.1) is 11.9 Å². The second-order valence-corrected chi connectivity index (χ2v) is 9.68. The predicted molar refractivity (Wildman–Crippen MR) is 137 cm³/mol. The van der Waals surface area contributed by atoms with Gasteiger partial charge < -0.3 is 15.0 Å². The molecule has 204 valence electrons. The number of hydrogen-bond acceptors (Lipinski definition) is 5. The summed E-state index contributed by atoms with van der Waals surface area (Å²) < 4.78 is 57.8. The number of alkyl halides is 3. The number of pyridine rings is 2. The summed E-state index contributed by atoms with van der Waals surface area (Å²) >= 11 is 0. The zero-order chi connectivity index (χ0) is 27.7. The molecule has 1 aliphatic heterocycles. The van der Waals surface area contributed by atoms with E-state index in [0.717, 1.165) is 11.8 Å². The molecule has 1 aliphatic rings. The van der Waals surface area contributed by atoms with E-state index in [-0.39, 0.29) is 29.9 Å². The Morgan fingerprint density at radius 1 is 1.10 bits per heavy atom. The van der Waals surface area contributed by atoms with Gasteiger partial charge in [-0.3, -0.25) is 9.20 Å². The number of carbonyl (C=O) groups excluding carboxylic acids is 1. The summed E-state index contributed by atoms with van der Waals surface area (Å²) in [5.41, 5.74) is 4.07. The number of benzene rings is 1. The lowest BCUT2D eigenvalue weighted by Gasteiger charge is -2.33. The molecule has 5 rings (SSSR count). The second-order valence-electron chi connectivity index (χ2n) is 9.68. The van der Waals surface area contributed by atoms with E-state index in [4.69, 9.17) is 0 Å². The van der Waals surface area contributed by atoms with Gasteiger partial charge in [-0.25, -0.2) is 14.4 Å². The van der Waals surface area contributed by atoms with Crippen molar-refractivity contribution in [3.8, 4) is 5.75 Å². The number of aryl methyl sites for hydroxylation is 2. The van der Waals surface area contributed by atoms with Gasteiger partial charge in [0.2, 0.25) is 0 Å². The van der Waals surface area contributed by atoms with E-state index in [0.29, 0.717) is 59.9 Å². The number of aromatic nitrogens is 3. The van der Waals surface area contributed by atoms with Crippen molar-refractivity contribution in [2.24, 2.45) is 0 Å². The number of anilines is 1. The van der Waals surface area contributed by atoms with Crippen LogP contribution in [0.5, 0.6) is 5.75 Å². The number of ether oxygens (including phenoxy) is 1. The molecular weight excluding hydrogens is 514 g/mol. The molecule has 0 bridgehead atoms. The molecule has 0 saturated carbocycles. The van der Waals surface area contributed by atoms with Gasteiger partial charge in [-0.15, -0.1) is 13.2 Å². The Morgan fingerprint density at radius 2 is 1.87 bits per heavy atom. The summed E-state index contributed by atoms with van der Waals surface area (Å²) in [4.78, 5) is 23.4. The van der Waals surface area contributed by atoms with Crippen LogP contribution in [0.4, 0.5) is 23.4 Å². The average Bonchev–Trinajstić information content (AvgIpc) is 3.22. The van der Waals surface area contributed by atoms with Crippen LogP contribution in [-0.2, 0) is 6.54 Å². The van der Waals surface area contributed by atoms with E-state index in [1.54, 1.807) is 17.4 Å². The number of nitrogens with zero attached hydrogens (tertiary/aromatic N) is 4. The molecule has 3 aromatic heterocycles. The fourth-order valence-corrected chi connectivity index (χ4v) is 4.99. The van der Waals surface area contributed by atoms with Crippen LogP contribution in [0.2, 0.25) is 0 Å². The van der Waals surface area contributed by atoms with E-state index < -0.39 is 6.36 Å². The van der Waals surface area contributed by atoms with Crippen molar-refractivity contribution in [3.63, 3.8) is 0 Å². The van der Waals surface area contributed by atoms with Crippen molar-refractivity contribution in [2.45, 2.75) is 45.5 Å². The molecule has 1 N–H and O–H groups in total. The Hall–Kier alpha value is -4.15. The van der Waals surface area contributed by atoms with E-state index >= 15 is 4.39 Å². The summed E-state index contributed by atoms with van der Waals surface area (Å²) in [7, 11) is 0. The minimum atomic E-state index is -4.76. The molecule has 4 aromatic rings. The Bertz CT molecular complexity index is 1490. The second kappa shape index (κ2) is 10.5. The highest BCUT2D eigenvalue weighted by molar-refractivity contribution is 5.94. The van der Waals surface area contributed by atoms with E-state index in [9.17, 15) is 18.0 Å². The smallest absolute Gasteiger partial charge is 0.404 e. The van der Waals surface area contributed by atoms with Crippen molar-refractivity contribution in [1.82, 2.24) is 19.7 Å². The highest BCUT2D eigenvalue weighted by Crippen LogP contribution is 2.32. The first-order chi connectivity index (χ1) is 18.6. The van der Waals surface area contributed by atoms with Gasteiger partial charge in [0.1, 0.15) is 28.7 Å². The number of halogens is 4. The molecule has 4 heterocycles. The van der Waals surface area contributed by atoms with Crippen LogP contribution in [0.15, 0.2) is 54.9 Å². The highest BCUT2D eigenvalue weighted by atomic mass is 19.4. The van der Waals surface area contributed by atoms with Crippen molar-refractivity contribution in [3.05, 3.63) is 88.8 Å².